The highest BCUT2D eigenvalue weighted by atomic mass is 16.3. The van der Waals surface area contributed by atoms with Crippen molar-refractivity contribution < 1.29 is 10.2 Å². The summed E-state index contributed by atoms with van der Waals surface area (Å²) in [7, 11) is 0. The summed E-state index contributed by atoms with van der Waals surface area (Å²) < 4.78 is 1.68. The molecule has 0 radical (unpaired) electrons. The molecule has 0 aliphatic carbocycles. The van der Waals surface area contributed by atoms with Gasteiger partial charge in [-0.3, -0.25) is 0 Å². The highest BCUT2D eigenvalue weighted by molar-refractivity contribution is 5.22. The second kappa shape index (κ2) is 4.88. The Morgan fingerprint density at radius 1 is 1.17 bits per heavy atom. The van der Waals surface area contributed by atoms with Gasteiger partial charge < -0.3 is 10.2 Å². The van der Waals surface area contributed by atoms with Crippen LogP contribution in [-0.2, 0) is 18.8 Å². The molecule has 0 bridgehead atoms. The van der Waals surface area contributed by atoms with Crippen LogP contribution in [0.25, 0.3) is 0 Å². The summed E-state index contributed by atoms with van der Waals surface area (Å²) in [5, 5.41) is 26.7. The number of hydrogen-bond acceptors (Lipinski definition) is 4. The van der Waals surface area contributed by atoms with Crippen molar-refractivity contribution in [3.8, 4) is 0 Å². The van der Waals surface area contributed by atoms with E-state index < -0.39 is 5.60 Å². The molecule has 2 aromatic rings. The minimum Gasteiger partial charge on any atom is -0.392 e. The quantitative estimate of drug-likeness (QED) is 0.847. The number of aliphatic hydroxyl groups excluding tert-OH is 1. The van der Waals surface area contributed by atoms with Gasteiger partial charge in [0.2, 0.25) is 0 Å². The van der Waals surface area contributed by atoms with Crippen LogP contribution < -0.4 is 0 Å². The molecule has 1 heterocycles. The predicted octanol–water partition coefficient (Wildman–Crippen LogP) is 1.05. The van der Waals surface area contributed by atoms with E-state index in [0.29, 0.717) is 12.2 Å². The summed E-state index contributed by atoms with van der Waals surface area (Å²) in [6, 6.07) is 7.64. The van der Waals surface area contributed by atoms with Gasteiger partial charge in [0.15, 0.2) is 0 Å². The van der Waals surface area contributed by atoms with E-state index in [1.165, 1.54) is 0 Å². The molecule has 0 atom stereocenters. The molecule has 0 saturated carbocycles. The van der Waals surface area contributed by atoms with Crippen LogP contribution in [-0.4, -0.2) is 25.2 Å². The zero-order chi connectivity index (χ0) is 13.2. The Labute approximate surface area is 106 Å². The number of rotatable bonds is 4. The second-order valence-electron chi connectivity index (χ2n) is 4.83. The number of aromatic nitrogens is 3. The molecule has 1 aromatic heterocycles. The third-order valence-corrected chi connectivity index (χ3v) is 2.72. The van der Waals surface area contributed by atoms with Gasteiger partial charge in [-0.25, -0.2) is 4.68 Å². The maximum atomic E-state index is 9.79. The summed E-state index contributed by atoms with van der Waals surface area (Å²) >= 11 is 0. The van der Waals surface area contributed by atoms with Gasteiger partial charge in [0, 0.05) is 0 Å². The van der Waals surface area contributed by atoms with E-state index in [1.807, 2.05) is 24.3 Å². The first-order chi connectivity index (χ1) is 8.49. The van der Waals surface area contributed by atoms with E-state index in [-0.39, 0.29) is 6.61 Å². The smallest absolute Gasteiger partial charge is 0.114 e. The van der Waals surface area contributed by atoms with Gasteiger partial charge in [-0.15, -0.1) is 5.10 Å². The zero-order valence-electron chi connectivity index (χ0n) is 10.5. The van der Waals surface area contributed by atoms with Gasteiger partial charge in [0.1, 0.15) is 11.3 Å². The fourth-order valence-electron chi connectivity index (χ4n) is 1.59. The normalized spacial score (nSPS) is 11.8. The van der Waals surface area contributed by atoms with E-state index in [1.54, 1.807) is 24.7 Å². The average Bonchev–Trinajstić information content (AvgIpc) is 2.78. The van der Waals surface area contributed by atoms with Crippen LogP contribution in [0.5, 0.6) is 0 Å². The number of aliphatic hydroxyl groups is 2. The molecule has 0 amide bonds. The van der Waals surface area contributed by atoms with E-state index in [9.17, 15) is 5.11 Å². The Morgan fingerprint density at radius 2 is 1.78 bits per heavy atom. The topological polar surface area (TPSA) is 71.2 Å². The van der Waals surface area contributed by atoms with Crippen LogP contribution in [0.1, 0.15) is 30.7 Å². The molecule has 5 heteroatoms. The Bertz CT molecular complexity index is 512. The summed E-state index contributed by atoms with van der Waals surface area (Å²) in [4.78, 5) is 0. The first kappa shape index (κ1) is 12.7. The first-order valence-corrected chi connectivity index (χ1v) is 5.81. The van der Waals surface area contributed by atoms with E-state index in [0.717, 1.165) is 11.1 Å². The Morgan fingerprint density at radius 3 is 2.28 bits per heavy atom. The maximum absolute atomic E-state index is 9.79. The Balaban J connectivity index is 2.11. The van der Waals surface area contributed by atoms with Gasteiger partial charge in [-0.1, -0.05) is 29.5 Å². The molecule has 0 aliphatic rings. The molecule has 0 fully saturated rings. The first-order valence-electron chi connectivity index (χ1n) is 5.81. The average molecular weight is 247 g/mol. The highest BCUT2D eigenvalue weighted by Crippen LogP contribution is 2.16. The summed E-state index contributed by atoms with van der Waals surface area (Å²) in [5.41, 5.74) is 1.53. The zero-order valence-corrected chi connectivity index (χ0v) is 10.5. The molecule has 0 aliphatic heterocycles. The van der Waals surface area contributed by atoms with Gasteiger partial charge in [-0.2, -0.15) is 0 Å². The molecule has 5 nitrogen and oxygen atoms in total. The van der Waals surface area contributed by atoms with E-state index in [4.69, 9.17) is 5.11 Å². The lowest BCUT2D eigenvalue weighted by molar-refractivity contribution is 0.0737. The van der Waals surface area contributed by atoms with Crippen LogP contribution in [0.2, 0.25) is 0 Å². The summed E-state index contributed by atoms with van der Waals surface area (Å²) in [6.45, 7) is 4.00. The van der Waals surface area contributed by atoms with Crippen molar-refractivity contribution >= 4 is 0 Å². The monoisotopic (exact) mass is 247 g/mol. The van der Waals surface area contributed by atoms with Crippen molar-refractivity contribution in [2.45, 2.75) is 32.6 Å². The fourth-order valence-corrected chi connectivity index (χ4v) is 1.59. The predicted molar refractivity (Wildman–Crippen MR) is 66.7 cm³/mol. The van der Waals surface area contributed by atoms with Crippen molar-refractivity contribution in [3.63, 3.8) is 0 Å². The lowest BCUT2D eigenvalue weighted by atomic mass is 10.1. The molecule has 2 rings (SSSR count). The fraction of sp³-hybridized carbons (Fsp3) is 0.385. The maximum Gasteiger partial charge on any atom is 0.114 e. The number of nitrogens with zero attached hydrogens (tertiary/aromatic N) is 3. The molecule has 2 N–H and O–H groups in total. The minimum absolute atomic E-state index is 0.0481. The minimum atomic E-state index is -0.973. The van der Waals surface area contributed by atoms with Crippen molar-refractivity contribution in [3.05, 3.63) is 47.3 Å². The van der Waals surface area contributed by atoms with Gasteiger partial charge in [-0.05, 0) is 25.0 Å². The molecule has 0 unspecified atom stereocenters. The van der Waals surface area contributed by atoms with Crippen LogP contribution >= 0.6 is 0 Å². The Hall–Kier alpha value is -1.72. The number of hydrogen-bond donors (Lipinski definition) is 2. The third-order valence-electron chi connectivity index (χ3n) is 2.72. The largest absolute Gasteiger partial charge is 0.392 e. The van der Waals surface area contributed by atoms with Crippen molar-refractivity contribution in [1.82, 2.24) is 15.0 Å². The van der Waals surface area contributed by atoms with Crippen LogP contribution in [0, 0.1) is 0 Å². The van der Waals surface area contributed by atoms with Crippen molar-refractivity contribution in [1.29, 1.82) is 0 Å². The van der Waals surface area contributed by atoms with Gasteiger partial charge in [0.25, 0.3) is 0 Å². The van der Waals surface area contributed by atoms with Crippen LogP contribution in [0.3, 0.4) is 0 Å². The number of benzene rings is 1. The lowest BCUT2D eigenvalue weighted by Gasteiger charge is -2.11. The summed E-state index contributed by atoms with van der Waals surface area (Å²) in [6.07, 6.45) is 1.74. The van der Waals surface area contributed by atoms with Gasteiger partial charge in [0.05, 0.1) is 19.3 Å². The van der Waals surface area contributed by atoms with Crippen LogP contribution in [0.15, 0.2) is 30.5 Å². The summed E-state index contributed by atoms with van der Waals surface area (Å²) in [5.74, 6) is 0. The van der Waals surface area contributed by atoms with E-state index >= 15 is 0 Å². The highest BCUT2D eigenvalue weighted by Gasteiger charge is 2.19. The molecule has 96 valence electrons. The molecular weight excluding hydrogens is 230 g/mol. The molecular formula is C13H17N3O2. The molecule has 18 heavy (non-hydrogen) atoms. The Kier molecular flexibility index (Phi) is 3.45. The standard InChI is InChI=1S/C13H17N3O2/c1-13(2,18)12-8-16(15-14-12)7-10-3-5-11(9-17)6-4-10/h3-6,8,17-18H,7,9H2,1-2H3. The van der Waals surface area contributed by atoms with E-state index in [2.05, 4.69) is 10.3 Å². The van der Waals surface area contributed by atoms with Crippen LogP contribution in [0.4, 0.5) is 0 Å². The second-order valence-corrected chi connectivity index (χ2v) is 4.83. The lowest BCUT2D eigenvalue weighted by Crippen LogP contribution is -2.15. The third kappa shape index (κ3) is 2.94. The molecule has 1 aromatic carbocycles. The van der Waals surface area contributed by atoms with Crippen molar-refractivity contribution in [2.75, 3.05) is 0 Å². The molecule has 0 spiro atoms. The molecule has 0 saturated heterocycles. The van der Waals surface area contributed by atoms with Crippen molar-refractivity contribution in [2.24, 2.45) is 0 Å². The SMILES string of the molecule is CC(C)(O)c1cn(Cc2ccc(CO)cc2)nn1. The van der Waals surface area contributed by atoms with Gasteiger partial charge >= 0.3 is 0 Å².